The van der Waals surface area contributed by atoms with E-state index in [0.717, 1.165) is 36.2 Å². The van der Waals surface area contributed by atoms with E-state index >= 15 is 0 Å². The van der Waals surface area contributed by atoms with E-state index in [9.17, 15) is 9.59 Å². The van der Waals surface area contributed by atoms with Crippen LogP contribution in [0.25, 0.3) is 16.8 Å². The summed E-state index contributed by atoms with van der Waals surface area (Å²) in [5.74, 6) is 0.594. The van der Waals surface area contributed by atoms with Crippen molar-refractivity contribution in [3.05, 3.63) is 69.6 Å². The second kappa shape index (κ2) is 6.44. The van der Waals surface area contributed by atoms with E-state index < -0.39 is 5.91 Å². The number of para-hydroxylation sites is 1. The molecule has 1 amide bonds. The molecule has 3 heterocycles. The first-order valence-corrected chi connectivity index (χ1v) is 9.47. The maximum atomic E-state index is 13.3. The van der Waals surface area contributed by atoms with Crippen molar-refractivity contribution in [2.24, 2.45) is 7.05 Å². The van der Waals surface area contributed by atoms with Gasteiger partial charge in [-0.2, -0.15) is 5.10 Å². The second-order valence-electron chi connectivity index (χ2n) is 7.20. The number of benzene rings is 1. The summed E-state index contributed by atoms with van der Waals surface area (Å²) in [4.78, 5) is 30.0. The Hall–Kier alpha value is -3.68. The van der Waals surface area contributed by atoms with Crippen LogP contribution >= 0.6 is 0 Å². The number of fused-ring (bicyclic) bond motifs is 2. The third-order valence-electron chi connectivity index (χ3n) is 5.31. The fourth-order valence-electron chi connectivity index (χ4n) is 3.91. The van der Waals surface area contributed by atoms with Crippen LogP contribution in [0.1, 0.15) is 33.8 Å². The zero-order valence-electron chi connectivity index (χ0n) is 16.1. The molecule has 29 heavy (non-hydrogen) atoms. The molecule has 0 radical (unpaired) electrons. The van der Waals surface area contributed by atoms with Crippen LogP contribution in [-0.4, -0.2) is 25.2 Å². The van der Waals surface area contributed by atoms with Crippen molar-refractivity contribution in [3.8, 4) is 5.69 Å². The Morgan fingerprint density at radius 1 is 1.21 bits per heavy atom. The third kappa shape index (κ3) is 2.67. The molecule has 0 unspecified atom stereocenters. The highest BCUT2D eigenvalue weighted by Crippen LogP contribution is 2.32. The number of amides is 1. The highest BCUT2D eigenvalue weighted by atomic mass is 16.3. The molecule has 0 atom stereocenters. The first kappa shape index (κ1) is 17.4. The van der Waals surface area contributed by atoms with Crippen LogP contribution in [0.2, 0.25) is 0 Å². The molecular formula is C21H19N5O3. The highest BCUT2D eigenvalue weighted by molar-refractivity contribution is 6.12. The van der Waals surface area contributed by atoms with Gasteiger partial charge >= 0.3 is 0 Å². The molecule has 1 N–H and O–H groups in total. The van der Waals surface area contributed by atoms with Gasteiger partial charge in [0.15, 0.2) is 0 Å². The van der Waals surface area contributed by atoms with Gasteiger partial charge in [-0.05, 0) is 38.3 Å². The van der Waals surface area contributed by atoms with E-state index in [-0.39, 0.29) is 22.2 Å². The first-order valence-electron chi connectivity index (χ1n) is 9.47. The number of anilines is 1. The van der Waals surface area contributed by atoms with E-state index in [0.29, 0.717) is 11.6 Å². The molecular weight excluding hydrogens is 370 g/mol. The monoisotopic (exact) mass is 389 g/mol. The fraction of sp³-hybridized carbons (Fsp3) is 0.238. The largest absolute Gasteiger partial charge is 0.442 e. The van der Waals surface area contributed by atoms with Gasteiger partial charge in [0.2, 0.25) is 5.71 Å². The zero-order chi connectivity index (χ0) is 20.1. The minimum absolute atomic E-state index is 0.164. The Labute approximate surface area is 165 Å². The lowest BCUT2D eigenvalue weighted by atomic mass is 10.1. The number of carbonyl (C=O) groups excluding carboxylic acids is 1. The quantitative estimate of drug-likeness (QED) is 0.581. The summed E-state index contributed by atoms with van der Waals surface area (Å²) in [7, 11) is 1.59. The van der Waals surface area contributed by atoms with Gasteiger partial charge in [-0.25, -0.2) is 9.67 Å². The molecule has 0 saturated carbocycles. The van der Waals surface area contributed by atoms with Gasteiger partial charge in [0, 0.05) is 12.6 Å². The fourth-order valence-corrected chi connectivity index (χ4v) is 3.91. The van der Waals surface area contributed by atoms with Gasteiger partial charge in [0.25, 0.3) is 11.5 Å². The van der Waals surface area contributed by atoms with Gasteiger partial charge in [-0.3, -0.25) is 9.59 Å². The molecule has 8 heteroatoms. The Bertz CT molecular complexity index is 1310. The van der Waals surface area contributed by atoms with Gasteiger partial charge in [-0.15, -0.1) is 0 Å². The smallest absolute Gasteiger partial charge is 0.265 e. The van der Waals surface area contributed by atoms with Crippen LogP contribution in [-0.2, 0) is 19.9 Å². The summed E-state index contributed by atoms with van der Waals surface area (Å²) in [6, 6.07) is 9.67. The molecule has 4 aromatic rings. The molecule has 0 bridgehead atoms. The maximum absolute atomic E-state index is 13.3. The van der Waals surface area contributed by atoms with Crippen LogP contribution in [0.15, 0.2) is 45.9 Å². The molecule has 8 nitrogen and oxygen atoms in total. The van der Waals surface area contributed by atoms with Crippen molar-refractivity contribution in [1.82, 2.24) is 19.3 Å². The van der Waals surface area contributed by atoms with Crippen LogP contribution < -0.4 is 10.9 Å². The van der Waals surface area contributed by atoms with Crippen molar-refractivity contribution < 1.29 is 9.21 Å². The Balaban J connectivity index is 1.63. The number of carbonyl (C=O) groups is 1. The molecule has 0 aliphatic heterocycles. The number of nitrogens with zero attached hydrogens (tertiary/aromatic N) is 4. The average molecular weight is 389 g/mol. The number of aromatic nitrogens is 4. The number of hydrogen-bond acceptors (Lipinski definition) is 5. The van der Waals surface area contributed by atoms with Crippen LogP contribution in [0.3, 0.4) is 0 Å². The van der Waals surface area contributed by atoms with E-state index in [1.54, 1.807) is 18.7 Å². The van der Waals surface area contributed by atoms with E-state index in [1.165, 1.54) is 10.9 Å². The summed E-state index contributed by atoms with van der Waals surface area (Å²) in [6.07, 6.45) is 4.13. The zero-order valence-corrected chi connectivity index (χ0v) is 16.1. The molecule has 1 aliphatic rings. The Kier molecular flexibility index (Phi) is 3.87. The van der Waals surface area contributed by atoms with Crippen LogP contribution in [0.5, 0.6) is 0 Å². The number of aryl methyl sites for hydroxylation is 3. The second-order valence-corrected chi connectivity index (χ2v) is 7.20. The van der Waals surface area contributed by atoms with E-state index in [4.69, 9.17) is 9.52 Å². The SMILES string of the molecule is Cc1oc2ncn(C)c(=O)c2c1C(=O)Nc1c2c(nn1-c1ccccc1)CCC2. The number of hydrogen-bond donors (Lipinski definition) is 1. The number of furan rings is 1. The van der Waals surface area contributed by atoms with Crippen molar-refractivity contribution in [3.63, 3.8) is 0 Å². The first-order chi connectivity index (χ1) is 14.0. The van der Waals surface area contributed by atoms with E-state index in [2.05, 4.69) is 10.3 Å². The van der Waals surface area contributed by atoms with Gasteiger partial charge in [-0.1, -0.05) is 18.2 Å². The maximum Gasteiger partial charge on any atom is 0.265 e. The molecule has 1 aromatic carbocycles. The normalized spacial score (nSPS) is 13.0. The van der Waals surface area contributed by atoms with Crippen LogP contribution in [0, 0.1) is 6.92 Å². The average Bonchev–Trinajstić information content (AvgIpc) is 3.39. The molecule has 0 spiro atoms. The molecule has 1 aliphatic carbocycles. The van der Waals surface area contributed by atoms with Crippen molar-refractivity contribution in [2.45, 2.75) is 26.2 Å². The Morgan fingerprint density at radius 3 is 2.79 bits per heavy atom. The molecule has 0 saturated heterocycles. The van der Waals surface area contributed by atoms with Gasteiger partial charge in [0.1, 0.15) is 23.3 Å². The molecule has 3 aromatic heterocycles. The van der Waals surface area contributed by atoms with Gasteiger partial charge < -0.3 is 14.3 Å². The lowest BCUT2D eigenvalue weighted by Crippen LogP contribution is -2.21. The lowest BCUT2D eigenvalue weighted by molar-refractivity contribution is 0.102. The van der Waals surface area contributed by atoms with E-state index in [1.807, 2.05) is 30.3 Å². The topological polar surface area (TPSA) is 94.9 Å². The van der Waals surface area contributed by atoms with Crippen molar-refractivity contribution in [2.75, 3.05) is 5.32 Å². The summed E-state index contributed by atoms with van der Waals surface area (Å²) in [5, 5.41) is 7.90. The summed E-state index contributed by atoms with van der Waals surface area (Å²) in [6.45, 7) is 1.66. The number of rotatable bonds is 3. The molecule has 0 fully saturated rings. The van der Waals surface area contributed by atoms with Crippen molar-refractivity contribution in [1.29, 1.82) is 0 Å². The molecule has 146 valence electrons. The van der Waals surface area contributed by atoms with Gasteiger partial charge in [0.05, 0.1) is 16.9 Å². The summed E-state index contributed by atoms with van der Waals surface area (Å²) in [5.41, 5.74) is 2.95. The predicted octanol–water partition coefficient (Wildman–Crippen LogP) is 2.76. The predicted molar refractivity (Wildman–Crippen MR) is 108 cm³/mol. The lowest BCUT2D eigenvalue weighted by Gasteiger charge is -2.11. The minimum Gasteiger partial charge on any atom is -0.442 e. The highest BCUT2D eigenvalue weighted by Gasteiger charge is 2.27. The molecule has 5 rings (SSSR count). The summed E-state index contributed by atoms with van der Waals surface area (Å²) < 4.78 is 8.67. The number of nitrogens with one attached hydrogen (secondary N) is 1. The third-order valence-corrected chi connectivity index (χ3v) is 5.31. The van der Waals surface area contributed by atoms with Crippen LogP contribution in [0.4, 0.5) is 5.82 Å². The summed E-state index contributed by atoms with van der Waals surface area (Å²) >= 11 is 0. The Morgan fingerprint density at radius 2 is 2.00 bits per heavy atom. The van der Waals surface area contributed by atoms with Crippen molar-refractivity contribution >= 4 is 22.8 Å². The minimum atomic E-state index is -0.405. The standard InChI is InChI=1S/C21H19N5O3/c1-12-16(17-20(29-12)22-11-25(2)21(17)28)19(27)23-18-14-9-6-10-15(14)24-26(18)13-7-4-3-5-8-13/h3-5,7-8,11H,6,9-10H2,1-2H3,(H,23,27).